The molecule has 1 amide bonds. The smallest absolute Gasteiger partial charge is 0.311 e. The summed E-state index contributed by atoms with van der Waals surface area (Å²) in [4.78, 5) is 18.7. The minimum Gasteiger partial charge on any atom is -0.425 e. The standard InChI is InChI=1S/C17H18ClN3O3/c18-12-2-1-3-13(8-12)23-15-9-19-17(24-15)16(22)20-14-10-21-6-4-11(14)5-7-21/h1-3,8-9,11,14H,4-7,10H2,(H,20,22). The molecule has 4 heterocycles. The number of piperidine rings is 3. The van der Waals surface area contributed by atoms with E-state index in [1.54, 1.807) is 24.3 Å². The third-order valence-corrected chi connectivity index (χ3v) is 4.90. The number of benzene rings is 1. The fourth-order valence-corrected chi connectivity index (χ4v) is 3.60. The van der Waals surface area contributed by atoms with Crippen molar-refractivity contribution in [2.24, 2.45) is 5.92 Å². The summed E-state index contributed by atoms with van der Waals surface area (Å²) in [6.07, 6.45) is 3.67. The van der Waals surface area contributed by atoms with E-state index < -0.39 is 0 Å². The van der Waals surface area contributed by atoms with Crippen LogP contribution in [-0.2, 0) is 0 Å². The molecule has 1 unspecified atom stereocenters. The summed E-state index contributed by atoms with van der Waals surface area (Å²) in [5, 5.41) is 3.60. The van der Waals surface area contributed by atoms with Crippen molar-refractivity contribution in [2.75, 3.05) is 19.6 Å². The lowest BCUT2D eigenvalue weighted by molar-refractivity contribution is 0.0599. The Kier molecular flexibility index (Phi) is 4.16. The van der Waals surface area contributed by atoms with Gasteiger partial charge in [0.15, 0.2) is 0 Å². The Balaban J connectivity index is 1.40. The van der Waals surface area contributed by atoms with Gasteiger partial charge >= 0.3 is 11.9 Å². The maximum absolute atomic E-state index is 12.3. The van der Waals surface area contributed by atoms with Crippen LogP contribution in [0.4, 0.5) is 0 Å². The third-order valence-electron chi connectivity index (χ3n) is 4.67. The van der Waals surface area contributed by atoms with Gasteiger partial charge in [-0.1, -0.05) is 17.7 Å². The van der Waals surface area contributed by atoms with Crippen molar-refractivity contribution < 1.29 is 13.9 Å². The van der Waals surface area contributed by atoms with Crippen molar-refractivity contribution >= 4 is 17.5 Å². The minimum atomic E-state index is -0.297. The molecule has 1 aromatic heterocycles. The van der Waals surface area contributed by atoms with Crippen LogP contribution in [0.2, 0.25) is 5.02 Å². The van der Waals surface area contributed by atoms with Gasteiger partial charge in [0, 0.05) is 17.6 Å². The Hall–Kier alpha value is -2.05. The number of carbonyl (C=O) groups is 1. The highest BCUT2D eigenvalue weighted by molar-refractivity contribution is 6.30. The molecule has 0 radical (unpaired) electrons. The Bertz CT molecular complexity index is 740. The van der Waals surface area contributed by atoms with Crippen molar-refractivity contribution in [1.29, 1.82) is 0 Å². The number of fused-ring (bicyclic) bond motifs is 3. The van der Waals surface area contributed by atoms with E-state index in [1.165, 1.54) is 6.20 Å². The second-order valence-corrected chi connectivity index (χ2v) is 6.70. The lowest BCUT2D eigenvalue weighted by Gasteiger charge is -2.44. The van der Waals surface area contributed by atoms with Crippen LogP contribution in [0.1, 0.15) is 23.5 Å². The van der Waals surface area contributed by atoms with Crippen molar-refractivity contribution in [1.82, 2.24) is 15.2 Å². The molecular weight excluding hydrogens is 330 g/mol. The van der Waals surface area contributed by atoms with Crippen LogP contribution >= 0.6 is 11.6 Å². The SMILES string of the molecule is O=C(NC1CN2CCC1CC2)c1ncc(Oc2cccc(Cl)c2)o1. The molecule has 0 spiro atoms. The molecule has 24 heavy (non-hydrogen) atoms. The molecule has 1 aromatic carbocycles. The van der Waals surface area contributed by atoms with E-state index in [-0.39, 0.29) is 23.8 Å². The molecule has 0 aliphatic carbocycles. The van der Waals surface area contributed by atoms with Crippen LogP contribution in [0, 0.1) is 5.92 Å². The van der Waals surface area contributed by atoms with Crippen molar-refractivity contribution in [2.45, 2.75) is 18.9 Å². The highest BCUT2D eigenvalue weighted by Crippen LogP contribution is 2.28. The first-order valence-corrected chi connectivity index (χ1v) is 8.47. The number of nitrogens with one attached hydrogen (secondary N) is 1. The molecule has 3 aliphatic heterocycles. The van der Waals surface area contributed by atoms with Crippen LogP contribution in [0.15, 0.2) is 34.9 Å². The van der Waals surface area contributed by atoms with Crippen molar-refractivity contribution in [3.8, 4) is 11.7 Å². The van der Waals surface area contributed by atoms with Gasteiger partial charge in [-0.15, -0.1) is 0 Å². The van der Waals surface area contributed by atoms with Crippen LogP contribution in [-0.4, -0.2) is 41.5 Å². The van der Waals surface area contributed by atoms with Gasteiger partial charge in [0.2, 0.25) is 0 Å². The van der Waals surface area contributed by atoms with Crippen LogP contribution < -0.4 is 10.1 Å². The fourth-order valence-electron chi connectivity index (χ4n) is 3.42. The Labute approximate surface area is 144 Å². The Morgan fingerprint density at radius 3 is 2.92 bits per heavy atom. The van der Waals surface area contributed by atoms with E-state index in [1.807, 2.05) is 0 Å². The number of hydrogen-bond acceptors (Lipinski definition) is 5. The molecule has 0 saturated carbocycles. The summed E-state index contributed by atoms with van der Waals surface area (Å²) >= 11 is 5.91. The second kappa shape index (κ2) is 6.45. The fraction of sp³-hybridized carbons (Fsp3) is 0.412. The molecule has 3 aliphatic rings. The van der Waals surface area contributed by atoms with Gasteiger partial charge in [-0.25, -0.2) is 4.98 Å². The van der Waals surface area contributed by atoms with E-state index in [9.17, 15) is 4.79 Å². The van der Waals surface area contributed by atoms with Gasteiger partial charge in [-0.05, 0) is 50.0 Å². The number of ether oxygens (including phenoxy) is 1. The number of nitrogens with zero attached hydrogens (tertiary/aromatic N) is 2. The normalized spacial score (nSPS) is 25.5. The summed E-state index contributed by atoms with van der Waals surface area (Å²) in [7, 11) is 0. The summed E-state index contributed by atoms with van der Waals surface area (Å²) in [5.74, 6) is 0.966. The Morgan fingerprint density at radius 2 is 2.21 bits per heavy atom. The zero-order valence-electron chi connectivity index (χ0n) is 13.1. The van der Waals surface area contributed by atoms with Gasteiger partial charge in [0.05, 0.1) is 0 Å². The first-order valence-electron chi connectivity index (χ1n) is 8.10. The molecule has 1 atom stereocenters. The van der Waals surface area contributed by atoms with Crippen molar-refractivity contribution in [3.05, 3.63) is 41.4 Å². The summed E-state index contributed by atoms with van der Waals surface area (Å²) < 4.78 is 10.9. The third kappa shape index (κ3) is 3.25. The van der Waals surface area contributed by atoms with Crippen molar-refractivity contribution in [3.63, 3.8) is 0 Å². The largest absolute Gasteiger partial charge is 0.425 e. The first-order chi connectivity index (χ1) is 11.7. The Morgan fingerprint density at radius 1 is 1.38 bits per heavy atom. The number of aromatic nitrogens is 1. The molecule has 126 valence electrons. The van der Waals surface area contributed by atoms with Crippen LogP contribution in [0.5, 0.6) is 11.7 Å². The summed E-state index contributed by atoms with van der Waals surface area (Å²) in [6.45, 7) is 3.17. The molecule has 3 fully saturated rings. The second-order valence-electron chi connectivity index (χ2n) is 6.26. The van der Waals surface area contributed by atoms with Gasteiger partial charge in [0.1, 0.15) is 11.9 Å². The lowest BCUT2D eigenvalue weighted by atomic mass is 9.84. The highest BCUT2D eigenvalue weighted by atomic mass is 35.5. The minimum absolute atomic E-state index is 0.0171. The predicted octanol–water partition coefficient (Wildman–Crippen LogP) is 2.94. The highest BCUT2D eigenvalue weighted by Gasteiger charge is 2.35. The van der Waals surface area contributed by atoms with Gasteiger partial charge < -0.3 is 19.4 Å². The van der Waals surface area contributed by atoms with E-state index in [0.717, 1.165) is 32.5 Å². The number of halogens is 1. The van der Waals surface area contributed by atoms with Crippen LogP contribution in [0.25, 0.3) is 0 Å². The molecule has 3 saturated heterocycles. The zero-order chi connectivity index (χ0) is 16.5. The number of carbonyl (C=O) groups excluding carboxylic acids is 1. The van der Waals surface area contributed by atoms with E-state index in [0.29, 0.717) is 16.7 Å². The molecule has 6 nitrogen and oxygen atoms in total. The monoisotopic (exact) mass is 347 g/mol. The number of oxazole rings is 1. The van der Waals surface area contributed by atoms with E-state index in [4.69, 9.17) is 20.8 Å². The topological polar surface area (TPSA) is 67.6 Å². The maximum Gasteiger partial charge on any atom is 0.311 e. The first kappa shape index (κ1) is 15.5. The predicted molar refractivity (Wildman–Crippen MR) is 88.4 cm³/mol. The average molecular weight is 348 g/mol. The van der Waals surface area contributed by atoms with Crippen LogP contribution in [0.3, 0.4) is 0 Å². The zero-order valence-corrected chi connectivity index (χ0v) is 13.8. The van der Waals surface area contributed by atoms with E-state index in [2.05, 4.69) is 15.2 Å². The number of hydrogen-bond donors (Lipinski definition) is 1. The molecule has 2 bridgehead atoms. The molecule has 2 aromatic rings. The van der Waals surface area contributed by atoms with Gasteiger partial charge in [-0.2, -0.15) is 0 Å². The molecule has 1 N–H and O–H groups in total. The average Bonchev–Trinajstić information content (AvgIpc) is 3.05. The summed E-state index contributed by atoms with van der Waals surface area (Å²) in [5.41, 5.74) is 0. The molecular formula is C17H18ClN3O3. The maximum atomic E-state index is 12.3. The lowest BCUT2D eigenvalue weighted by Crippen LogP contribution is -2.57. The summed E-state index contributed by atoms with van der Waals surface area (Å²) in [6, 6.07) is 7.11. The number of rotatable bonds is 4. The molecule has 7 heteroatoms. The van der Waals surface area contributed by atoms with Gasteiger partial charge in [0.25, 0.3) is 5.89 Å². The molecule has 5 rings (SSSR count). The van der Waals surface area contributed by atoms with Gasteiger partial charge in [-0.3, -0.25) is 4.79 Å². The quantitative estimate of drug-likeness (QED) is 0.921. The number of amides is 1. The van der Waals surface area contributed by atoms with E-state index >= 15 is 0 Å².